The third-order valence-corrected chi connectivity index (χ3v) is 3.50. The summed E-state index contributed by atoms with van der Waals surface area (Å²) in [7, 11) is 3.12. The Morgan fingerprint density at radius 3 is 2.72 bits per heavy atom. The summed E-state index contributed by atoms with van der Waals surface area (Å²) in [5.74, 6) is 2.05. The van der Waals surface area contributed by atoms with Gasteiger partial charge in [0.1, 0.15) is 24.3 Å². The standard InChI is InChI=1S/C17H17N5O3/c1-24-13-4-3-12(7-14(13)25-2)8-17(23)21-15-9-16(20-10-19-15)22-6-5-18-11-22/h3-7,9-11H,8H2,1-2H3,(H,19,20,21,23). The van der Waals surface area contributed by atoms with Gasteiger partial charge in [0.25, 0.3) is 0 Å². The lowest BCUT2D eigenvalue weighted by Gasteiger charge is -2.10. The topological polar surface area (TPSA) is 91.2 Å². The molecular weight excluding hydrogens is 322 g/mol. The number of nitrogens with zero attached hydrogens (tertiary/aromatic N) is 4. The molecular formula is C17H17N5O3. The fraction of sp³-hybridized carbons (Fsp3) is 0.176. The molecule has 0 spiro atoms. The number of nitrogens with one attached hydrogen (secondary N) is 1. The van der Waals surface area contributed by atoms with Gasteiger partial charge in [0.05, 0.1) is 20.6 Å². The molecule has 3 rings (SSSR count). The Labute approximate surface area is 144 Å². The Balaban J connectivity index is 1.70. The molecule has 0 saturated carbocycles. The van der Waals surface area contributed by atoms with E-state index in [1.807, 2.05) is 6.07 Å². The Bertz CT molecular complexity index is 864. The van der Waals surface area contributed by atoms with Crippen molar-refractivity contribution in [3.8, 4) is 17.3 Å². The summed E-state index contributed by atoms with van der Waals surface area (Å²) in [6.45, 7) is 0. The lowest BCUT2D eigenvalue weighted by molar-refractivity contribution is -0.115. The van der Waals surface area contributed by atoms with Gasteiger partial charge in [0, 0.05) is 18.5 Å². The SMILES string of the molecule is COc1ccc(CC(=O)Nc2cc(-n3ccnc3)ncn2)cc1OC. The van der Waals surface area contributed by atoms with Crippen LogP contribution in [-0.2, 0) is 11.2 Å². The number of carbonyl (C=O) groups is 1. The van der Waals surface area contributed by atoms with Crippen LogP contribution in [0.15, 0.2) is 49.3 Å². The molecule has 8 nitrogen and oxygen atoms in total. The van der Waals surface area contributed by atoms with Crippen molar-refractivity contribution >= 4 is 11.7 Å². The first-order valence-corrected chi connectivity index (χ1v) is 7.50. The average molecular weight is 339 g/mol. The van der Waals surface area contributed by atoms with Crippen molar-refractivity contribution in [1.29, 1.82) is 0 Å². The quantitative estimate of drug-likeness (QED) is 0.737. The van der Waals surface area contributed by atoms with Gasteiger partial charge in [-0.3, -0.25) is 9.36 Å². The van der Waals surface area contributed by atoms with Crippen LogP contribution < -0.4 is 14.8 Å². The molecule has 0 aliphatic carbocycles. The molecule has 2 heterocycles. The molecule has 25 heavy (non-hydrogen) atoms. The molecule has 8 heteroatoms. The average Bonchev–Trinajstić information content (AvgIpc) is 3.16. The lowest BCUT2D eigenvalue weighted by Crippen LogP contribution is -2.16. The number of anilines is 1. The van der Waals surface area contributed by atoms with Crippen molar-refractivity contribution in [2.24, 2.45) is 0 Å². The number of ether oxygens (including phenoxy) is 2. The molecule has 0 aliphatic rings. The number of hydrogen-bond acceptors (Lipinski definition) is 6. The molecule has 0 atom stereocenters. The van der Waals surface area contributed by atoms with Crippen LogP contribution in [0.25, 0.3) is 5.82 Å². The molecule has 1 aromatic carbocycles. The molecule has 1 N–H and O–H groups in total. The number of amides is 1. The maximum atomic E-state index is 12.3. The maximum absolute atomic E-state index is 12.3. The van der Waals surface area contributed by atoms with Crippen molar-refractivity contribution < 1.29 is 14.3 Å². The van der Waals surface area contributed by atoms with Crippen LogP contribution in [0.2, 0.25) is 0 Å². The third-order valence-electron chi connectivity index (χ3n) is 3.50. The minimum absolute atomic E-state index is 0.185. The largest absolute Gasteiger partial charge is 0.493 e. The highest BCUT2D eigenvalue weighted by molar-refractivity contribution is 5.91. The van der Waals surface area contributed by atoms with E-state index in [-0.39, 0.29) is 12.3 Å². The van der Waals surface area contributed by atoms with E-state index < -0.39 is 0 Å². The van der Waals surface area contributed by atoms with E-state index in [0.29, 0.717) is 23.1 Å². The number of aromatic nitrogens is 4. The molecule has 0 aliphatic heterocycles. The summed E-state index contributed by atoms with van der Waals surface area (Å²) in [5, 5.41) is 2.76. The van der Waals surface area contributed by atoms with Crippen LogP contribution in [0.5, 0.6) is 11.5 Å². The van der Waals surface area contributed by atoms with Crippen molar-refractivity contribution in [2.45, 2.75) is 6.42 Å². The number of carbonyl (C=O) groups excluding carboxylic acids is 1. The van der Waals surface area contributed by atoms with E-state index in [4.69, 9.17) is 9.47 Å². The van der Waals surface area contributed by atoms with E-state index in [0.717, 1.165) is 5.56 Å². The zero-order valence-corrected chi connectivity index (χ0v) is 13.8. The summed E-state index contributed by atoms with van der Waals surface area (Å²) in [4.78, 5) is 24.5. The number of rotatable bonds is 6. The molecule has 0 unspecified atom stereocenters. The first-order valence-electron chi connectivity index (χ1n) is 7.50. The zero-order valence-electron chi connectivity index (χ0n) is 13.8. The normalized spacial score (nSPS) is 10.3. The summed E-state index contributed by atoms with van der Waals surface area (Å²) in [5.41, 5.74) is 0.805. The van der Waals surface area contributed by atoms with Gasteiger partial charge in [-0.05, 0) is 17.7 Å². The molecule has 128 valence electrons. The molecule has 2 aromatic heterocycles. The van der Waals surface area contributed by atoms with Crippen molar-refractivity contribution in [1.82, 2.24) is 19.5 Å². The van der Waals surface area contributed by atoms with Gasteiger partial charge in [0.15, 0.2) is 11.5 Å². The second-order valence-electron chi connectivity index (χ2n) is 5.15. The van der Waals surface area contributed by atoms with Gasteiger partial charge in [-0.1, -0.05) is 6.07 Å². The van der Waals surface area contributed by atoms with E-state index in [1.54, 1.807) is 55.7 Å². The van der Waals surface area contributed by atoms with Crippen LogP contribution in [0.1, 0.15) is 5.56 Å². The Kier molecular flexibility index (Phi) is 4.89. The van der Waals surface area contributed by atoms with E-state index in [9.17, 15) is 4.79 Å². The minimum Gasteiger partial charge on any atom is -0.493 e. The predicted octanol–water partition coefficient (Wildman–Crippen LogP) is 1.86. The summed E-state index contributed by atoms with van der Waals surface area (Å²) < 4.78 is 12.2. The summed E-state index contributed by atoms with van der Waals surface area (Å²) >= 11 is 0. The molecule has 0 saturated heterocycles. The fourth-order valence-corrected chi connectivity index (χ4v) is 2.31. The van der Waals surface area contributed by atoms with Crippen LogP contribution >= 0.6 is 0 Å². The highest BCUT2D eigenvalue weighted by Gasteiger charge is 2.10. The predicted molar refractivity (Wildman–Crippen MR) is 91.0 cm³/mol. The maximum Gasteiger partial charge on any atom is 0.229 e. The zero-order chi connectivity index (χ0) is 17.6. The van der Waals surface area contributed by atoms with Crippen LogP contribution in [-0.4, -0.2) is 39.6 Å². The molecule has 0 bridgehead atoms. The van der Waals surface area contributed by atoms with Gasteiger partial charge in [-0.2, -0.15) is 0 Å². The number of hydrogen-bond donors (Lipinski definition) is 1. The Morgan fingerprint density at radius 2 is 2.00 bits per heavy atom. The highest BCUT2D eigenvalue weighted by Crippen LogP contribution is 2.27. The smallest absolute Gasteiger partial charge is 0.229 e. The Morgan fingerprint density at radius 1 is 1.16 bits per heavy atom. The monoisotopic (exact) mass is 339 g/mol. The molecule has 1 amide bonds. The third kappa shape index (κ3) is 3.92. The lowest BCUT2D eigenvalue weighted by atomic mass is 10.1. The highest BCUT2D eigenvalue weighted by atomic mass is 16.5. The van der Waals surface area contributed by atoms with E-state index in [1.165, 1.54) is 6.33 Å². The van der Waals surface area contributed by atoms with Gasteiger partial charge >= 0.3 is 0 Å². The van der Waals surface area contributed by atoms with E-state index >= 15 is 0 Å². The van der Waals surface area contributed by atoms with Crippen molar-refractivity contribution in [3.05, 3.63) is 54.9 Å². The van der Waals surface area contributed by atoms with Gasteiger partial charge < -0.3 is 14.8 Å². The van der Waals surface area contributed by atoms with E-state index in [2.05, 4.69) is 20.3 Å². The van der Waals surface area contributed by atoms with Gasteiger partial charge in [-0.15, -0.1) is 0 Å². The minimum atomic E-state index is -0.192. The van der Waals surface area contributed by atoms with Crippen LogP contribution in [0, 0.1) is 0 Å². The van der Waals surface area contributed by atoms with Crippen molar-refractivity contribution in [2.75, 3.05) is 19.5 Å². The first-order chi connectivity index (χ1) is 12.2. The number of imidazole rings is 1. The van der Waals surface area contributed by atoms with Crippen LogP contribution in [0.4, 0.5) is 5.82 Å². The fourth-order valence-electron chi connectivity index (χ4n) is 2.31. The number of methoxy groups -OCH3 is 2. The Hall–Kier alpha value is -3.42. The second kappa shape index (κ2) is 7.43. The molecule has 3 aromatic rings. The summed E-state index contributed by atoms with van der Waals surface area (Å²) in [6.07, 6.45) is 6.61. The summed E-state index contributed by atoms with van der Waals surface area (Å²) in [6, 6.07) is 7.03. The molecule has 0 fully saturated rings. The molecule has 0 radical (unpaired) electrons. The second-order valence-corrected chi connectivity index (χ2v) is 5.15. The van der Waals surface area contributed by atoms with Crippen LogP contribution in [0.3, 0.4) is 0 Å². The van der Waals surface area contributed by atoms with Crippen molar-refractivity contribution in [3.63, 3.8) is 0 Å². The number of benzene rings is 1. The van der Waals surface area contributed by atoms with Gasteiger partial charge in [-0.25, -0.2) is 15.0 Å². The van der Waals surface area contributed by atoms with Gasteiger partial charge in [0.2, 0.25) is 5.91 Å². The first kappa shape index (κ1) is 16.4.